The maximum absolute atomic E-state index is 13.4. The molecular formula is C24H20ClFN4O6S. The fourth-order valence-corrected chi connectivity index (χ4v) is 5.22. The van der Waals surface area contributed by atoms with Gasteiger partial charge in [0.05, 0.1) is 29.4 Å². The molecule has 0 aliphatic heterocycles. The number of nitrogens with one attached hydrogen (secondary N) is 1. The summed E-state index contributed by atoms with van der Waals surface area (Å²) >= 11 is 5.94. The number of carbonyl (C=O) groups is 1. The predicted octanol–water partition coefficient (Wildman–Crippen LogP) is 3.93. The van der Waals surface area contributed by atoms with Crippen molar-refractivity contribution in [2.75, 3.05) is 11.8 Å². The van der Waals surface area contributed by atoms with Crippen LogP contribution >= 0.6 is 11.6 Å². The van der Waals surface area contributed by atoms with E-state index in [-0.39, 0.29) is 46.4 Å². The third-order valence-corrected chi connectivity index (χ3v) is 7.27. The van der Waals surface area contributed by atoms with E-state index in [2.05, 4.69) is 14.7 Å². The first kappa shape index (κ1) is 26.0. The van der Waals surface area contributed by atoms with E-state index in [0.29, 0.717) is 22.0 Å². The third kappa shape index (κ3) is 5.70. The van der Waals surface area contributed by atoms with Gasteiger partial charge in [0.2, 0.25) is 5.88 Å². The number of aliphatic carboxylic acids is 1. The molecule has 0 saturated heterocycles. The number of hydrogen-bond donors (Lipinski definition) is 2. The van der Waals surface area contributed by atoms with Gasteiger partial charge in [-0.15, -0.1) is 0 Å². The van der Waals surface area contributed by atoms with Crippen LogP contribution in [0.4, 0.5) is 10.1 Å². The van der Waals surface area contributed by atoms with Crippen LogP contribution in [0.25, 0.3) is 22.0 Å². The molecular weight excluding hydrogens is 527 g/mol. The lowest BCUT2D eigenvalue weighted by Crippen LogP contribution is -2.21. The number of ether oxygens (including phenoxy) is 1. The Balaban J connectivity index is 1.71. The molecule has 0 amide bonds. The first-order chi connectivity index (χ1) is 17.6. The van der Waals surface area contributed by atoms with Gasteiger partial charge >= 0.3 is 5.97 Å². The van der Waals surface area contributed by atoms with Gasteiger partial charge in [0.25, 0.3) is 15.6 Å². The van der Waals surface area contributed by atoms with Crippen LogP contribution in [0.3, 0.4) is 0 Å². The van der Waals surface area contributed by atoms with Crippen LogP contribution in [0.1, 0.15) is 12.8 Å². The lowest BCUT2D eigenvalue weighted by Gasteiger charge is -2.14. The molecule has 0 saturated carbocycles. The van der Waals surface area contributed by atoms with Crippen molar-refractivity contribution >= 4 is 44.2 Å². The van der Waals surface area contributed by atoms with Crippen molar-refractivity contribution in [3.05, 3.63) is 76.2 Å². The summed E-state index contributed by atoms with van der Waals surface area (Å²) in [7, 11) is -2.91. The number of aryl methyl sites for hydroxylation is 1. The topological polar surface area (TPSA) is 140 Å². The summed E-state index contributed by atoms with van der Waals surface area (Å²) in [5.41, 5.74) is 1.11. The SMILES string of the molecule is COc1ncc(-c2ccc3ncn(CCCC(=O)O)c(=O)c3c2)cc1NS(=O)(=O)c1ccc(F)cc1Cl. The number of fused-ring (bicyclic) bond motifs is 1. The Morgan fingerprint density at radius 2 is 1.95 bits per heavy atom. The Morgan fingerprint density at radius 1 is 1.16 bits per heavy atom. The summed E-state index contributed by atoms with van der Waals surface area (Å²) in [4.78, 5) is 31.8. The van der Waals surface area contributed by atoms with Gasteiger partial charge in [-0.05, 0) is 48.4 Å². The standard InChI is InChI=1S/C24H20ClFN4O6S/c1-36-23-20(29-37(34,35)21-7-5-16(26)11-18(21)25)10-15(12-27-23)14-4-6-19-17(9-14)24(33)30(13-28-19)8-2-3-22(31)32/h4-7,9-13,29H,2-3,8H2,1H3,(H,31,32). The van der Waals surface area contributed by atoms with Gasteiger partial charge in [0.1, 0.15) is 16.4 Å². The van der Waals surface area contributed by atoms with Gasteiger partial charge in [0, 0.05) is 24.7 Å². The molecule has 0 radical (unpaired) electrons. The summed E-state index contributed by atoms with van der Waals surface area (Å²) < 4.78 is 48.2. The summed E-state index contributed by atoms with van der Waals surface area (Å²) in [6, 6.07) is 9.31. The van der Waals surface area contributed by atoms with E-state index in [9.17, 15) is 22.4 Å². The molecule has 2 aromatic heterocycles. The highest BCUT2D eigenvalue weighted by Gasteiger charge is 2.21. The number of pyridine rings is 1. The molecule has 192 valence electrons. The maximum atomic E-state index is 13.4. The monoisotopic (exact) mass is 546 g/mol. The molecule has 0 bridgehead atoms. The minimum atomic E-state index is -4.23. The number of carboxylic acids is 1. The van der Waals surface area contributed by atoms with Crippen molar-refractivity contribution < 1.29 is 27.4 Å². The zero-order chi connectivity index (χ0) is 26.7. The number of aromatic nitrogens is 3. The van der Waals surface area contributed by atoms with E-state index in [1.54, 1.807) is 18.2 Å². The van der Waals surface area contributed by atoms with Crippen molar-refractivity contribution in [2.45, 2.75) is 24.3 Å². The molecule has 0 atom stereocenters. The number of hydrogen-bond acceptors (Lipinski definition) is 7. The van der Waals surface area contributed by atoms with Crippen molar-refractivity contribution in [1.82, 2.24) is 14.5 Å². The van der Waals surface area contributed by atoms with E-state index in [1.165, 1.54) is 30.3 Å². The lowest BCUT2D eigenvalue weighted by atomic mass is 10.1. The molecule has 10 nitrogen and oxygen atoms in total. The van der Waals surface area contributed by atoms with Gasteiger partial charge in [-0.1, -0.05) is 17.7 Å². The van der Waals surface area contributed by atoms with Crippen LogP contribution in [-0.2, 0) is 21.4 Å². The minimum Gasteiger partial charge on any atom is -0.481 e. The van der Waals surface area contributed by atoms with Crippen molar-refractivity contribution in [3.63, 3.8) is 0 Å². The highest BCUT2D eigenvalue weighted by Crippen LogP contribution is 2.32. The second kappa shape index (κ2) is 10.5. The number of halogens is 2. The maximum Gasteiger partial charge on any atom is 0.303 e. The number of nitrogens with zero attached hydrogens (tertiary/aromatic N) is 3. The average Bonchev–Trinajstić information content (AvgIpc) is 2.84. The highest BCUT2D eigenvalue weighted by molar-refractivity contribution is 7.92. The van der Waals surface area contributed by atoms with Gasteiger partial charge < -0.3 is 9.84 Å². The molecule has 13 heteroatoms. The molecule has 2 aromatic carbocycles. The molecule has 0 spiro atoms. The number of benzene rings is 2. The fraction of sp³-hybridized carbons (Fsp3) is 0.167. The molecule has 0 aliphatic carbocycles. The predicted molar refractivity (Wildman–Crippen MR) is 135 cm³/mol. The summed E-state index contributed by atoms with van der Waals surface area (Å²) in [6.07, 6.45) is 3.01. The van der Waals surface area contributed by atoms with E-state index >= 15 is 0 Å². The van der Waals surface area contributed by atoms with E-state index in [0.717, 1.165) is 18.2 Å². The van der Waals surface area contributed by atoms with Gasteiger partial charge in [-0.25, -0.2) is 22.8 Å². The molecule has 4 aromatic rings. The molecule has 4 rings (SSSR count). The summed E-state index contributed by atoms with van der Waals surface area (Å²) in [6.45, 7) is 0.195. The first-order valence-corrected chi connectivity index (χ1v) is 12.7. The normalized spacial score (nSPS) is 11.4. The highest BCUT2D eigenvalue weighted by atomic mass is 35.5. The quantitative estimate of drug-likeness (QED) is 0.322. The van der Waals surface area contributed by atoms with Crippen molar-refractivity contribution in [1.29, 1.82) is 0 Å². The summed E-state index contributed by atoms with van der Waals surface area (Å²) in [5, 5.41) is 8.84. The zero-order valence-corrected chi connectivity index (χ0v) is 20.9. The molecule has 37 heavy (non-hydrogen) atoms. The van der Waals surface area contributed by atoms with E-state index in [1.807, 2.05) is 0 Å². The van der Waals surface area contributed by atoms with Crippen LogP contribution in [0.15, 0.2) is 64.7 Å². The third-order valence-electron chi connectivity index (χ3n) is 5.42. The van der Waals surface area contributed by atoms with Crippen LogP contribution < -0.4 is 15.0 Å². The second-order valence-corrected chi connectivity index (χ2v) is 9.99. The minimum absolute atomic E-state index is 0.00208. The molecule has 2 N–H and O–H groups in total. The first-order valence-electron chi connectivity index (χ1n) is 10.8. The Kier molecular flexibility index (Phi) is 7.41. The number of rotatable bonds is 9. The largest absolute Gasteiger partial charge is 0.481 e. The Labute approximate surface area is 215 Å². The number of sulfonamides is 1. The van der Waals surface area contributed by atoms with Gasteiger partial charge in [-0.2, -0.15) is 0 Å². The zero-order valence-electron chi connectivity index (χ0n) is 19.3. The van der Waals surface area contributed by atoms with Crippen molar-refractivity contribution in [2.24, 2.45) is 0 Å². The van der Waals surface area contributed by atoms with Crippen LogP contribution in [-0.4, -0.2) is 41.1 Å². The number of methoxy groups -OCH3 is 1. The summed E-state index contributed by atoms with van der Waals surface area (Å²) in [5.74, 6) is -1.66. The van der Waals surface area contributed by atoms with Crippen molar-refractivity contribution in [3.8, 4) is 17.0 Å². The van der Waals surface area contributed by atoms with Crippen LogP contribution in [0.5, 0.6) is 5.88 Å². The number of carboxylic acid groups (broad SMARTS) is 1. The molecule has 2 heterocycles. The molecule has 0 aliphatic rings. The molecule has 0 unspecified atom stereocenters. The Morgan fingerprint density at radius 3 is 2.65 bits per heavy atom. The van der Waals surface area contributed by atoms with E-state index < -0.39 is 21.8 Å². The Bertz CT molecular complexity index is 1680. The second-order valence-electron chi connectivity index (χ2n) is 7.93. The Hall–Kier alpha value is -4.03. The average molecular weight is 547 g/mol. The van der Waals surface area contributed by atoms with Crippen LogP contribution in [0, 0.1) is 5.82 Å². The molecule has 0 fully saturated rings. The van der Waals surface area contributed by atoms with Crippen LogP contribution in [0.2, 0.25) is 5.02 Å². The van der Waals surface area contributed by atoms with E-state index in [4.69, 9.17) is 21.4 Å². The fourth-order valence-electron chi connectivity index (χ4n) is 3.64. The number of anilines is 1. The smallest absolute Gasteiger partial charge is 0.303 e. The van der Waals surface area contributed by atoms with Gasteiger partial charge in [0.15, 0.2) is 0 Å². The van der Waals surface area contributed by atoms with Gasteiger partial charge in [-0.3, -0.25) is 18.9 Å². The lowest BCUT2D eigenvalue weighted by molar-refractivity contribution is -0.137.